The number of hydrogen-bond acceptors (Lipinski definition) is 3. The van der Waals surface area contributed by atoms with Crippen LogP contribution in [-0.2, 0) is 6.61 Å². The van der Waals surface area contributed by atoms with Gasteiger partial charge in [0.2, 0.25) is 0 Å². The van der Waals surface area contributed by atoms with Crippen molar-refractivity contribution >= 4 is 17.5 Å². The van der Waals surface area contributed by atoms with E-state index in [4.69, 9.17) is 21.1 Å². The molecular weight excluding hydrogens is 350 g/mol. The fourth-order valence-corrected chi connectivity index (χ4v) is 2.71. The Labute approximate surface area is 160 Å². The molecule has 0 fully saturated rings. The Kier molecular flexibility index (Phi) is 8.29. The number of nitrogens with one attached hydrogen (secondary N) is 1. The number of hydrogen-bond donors (Lipinski definition) is 1. The third kappa shape index (κ3) is 6.26. The van der Waals surface area contributed by atoms with E-state index in [0.29, 0.717) is 36.1 Å². The highest BCUT2D eigenvalue weighted by molar-refractivity contribution is 6.30. The lowest BCUT2D eigenvalue weighted by molar-refractivity contribution is 0.0952. The Morgan fingerprint density at radius 1 is 1.08 bits per heavy atom. The van der Waals surface area contributed by atoms with Gasteiger partial charge in [-0.25, -0.2) is 0 Å². The van der Waals surface area contributed by atoms with E-state index in [1.165, 1.54) is 0 Å². The first-order valence-electron chi connectivity index (χ1n) is 9.06. The SMILES string of the molecule is CCCCCNC(=O)c1ccc(OCC)c(COc2cccc(Cl)c2)c1. The third-order valence-electron chi connectivity index (χ3n) is 3.88. The minimum absolute atomic E-state index is 0.0758. The van der Waals surface area contributed by atoms with Crippen LogP contribution in [0, 0.1) is 0 Å². The predicted octanol–water partition coefficient (Wildman–Crippen LogP) is 5.24. The smallest absolute Gasteiger partial charge is 0.251 e. The molecule has 0 aliphatic carbocycles. The van der Waals surface area contributed by atoms with Crippen LogP contribution in [0.4, 0.5) is 0 Å². The van der Waals surface area contributed by atoms with Crippen molar-refractivity contribution in [1.82, 2.24) is 5.32 Å². The van der Waals surface area contributed by atoms with Crippen LogP contribution in [0.5, 0.6) is 11.5 Å². The predicted molar refractivity (Wildman–Crippen MR) is 105 cm³/mol. The van der Waals surface area contributed by atoms with Crippen molar-refractivity contribution in [2.24, 2.45) is 0 Å². The van der Waals surface area contributed by atoms with Crippen LogP contribution in [0.15, 0.2) is 42.5 Å². The first kappa shape index (κ1) is 20.1. The summed E-state index contributed by atoms with van der Waals surface area (Å²) < 4.78 is 11.5. The van der Waals surface area contributed by atoms with Crippen LogP contribution in [0.1, 0.15) is 49.0 Å². The lowest BCUT2D eigenvalue weighted by atomic mass is 10.1. The number of benzene rings is 2. The number of carbonyl (C=O) groups excluding carboxylic acids is 1. The first-order valence-corrected chi connectivity index (χ1v) is 9.44. The highest BCUT2D eigenvalue weighted by atomic mass is 35.5. The number of carbonyl (C=O) groups is 1. The minimum Gasteiger partial charge on any atom is -0.493 e. The Bertz CT molecular complexity index is 718. The summed E-state index contributed by atoms with van der Waals surface area (Å²) in [6, 6.07) is 12.7. The van der Waals surface area contributed by atoms with Gasteiger partial charge < -0.3 is 14.8 Å². The lowest BCUT2D eigenvalue weighted by Crippen LogP contribution is -2.24. The molecule has 0 aliphatic heterocycles. The van der Waals surface area contributed by atoms with Crippen LogP contribution < -0.4 is 14.8 Å². The molecule has 2 aromatic carbocycles. The standard InChI is InChI=1S/C21H26ClNO3/c1-3-5-6-12-23-21(24)16-10-11-20(25-4-2)17(13-16)15-26-19-9-7-8-18(22)14-19/h7-11,13-14H,3-6,12,15H2,1-2H3,(H,23,24). The van der Waals surface area contributed by atoms with Gasteiger partial charge in [-0.15, -0.1) is 0 Å². The second kappa shape index (κ2) is 10.7. The molecule has 2 rings (SSSR count). The molecule has 140 valence electrons. The second-order valence-electron chi connectivity index (χ2n) is 5.96. The van der Waals surface area contributed by atoms with Crippen LogP contribution in [0.3, 0.4) is 0 Å². The first-order chi connectivity index (χ1) is 12.6. The zero-order chi connectivity index (χ0) is 18.8. The Balaban J connectivity index is 2.07. The van der Waals surface area contributed by atoms with Crippen LogP contribution in [0.25, 0.3) is 0 Å². The maximum atomic E-state index is 12.3. The molecule has 4 nitrogen and oxygen atoms in total. The lowest BCUT2D eigenvalue weighted by Gasteiger charge is -2.13. The van der Waals surface area contributed by atoms with E-state index in [-0.39, 0.29) is 5.91 Å². The summed E-state index contributed by atoms with van der Waals surface area (Å²) >= 11 is 5.99. The molecule has 26 heavy (non-hydrogen) atoms. The van der Waals surface area contributed by atoms with Crippen LogP contribution in [0.2, 0.25) is 5.02 Å². The number of amides is 1. The van der Waals surface area contributed by atoms with Crippen LogP contribution >= 0.6 is 11.6 Å². The van der Waals surface area contributed by atoms with Gasteiger partial charge in [0, 0.05) is 22.7 Å². The topological polar surface area (TPSA) is 47.6 Å². The highest BCUT2D eigenvalue weighted by Gasteiger charge is 2.11. The zero-order valence-electron chi connectivity index (χ0n) is 15.4. The van der Waals surface area contributed by atoms with Gasteiger partial charge in [0.1, 0.15) is 18.1 Å². The van der Waals surface area contributed by atoms with E-state index in [9.17, 15) is 4.79 Å². The average molecular weight is 376 g/mol. The Hall–Kier alpha value is -2.20. The van der Waals surface area contributed by atoms with Crippen molar-refractivity contribution in [3.8, 4) is 11.5 Å². The summed E-state index contributed by atoms with van der Waals surface area (Å²) in [7, 11) is 0. The zero-order valence-corrected chi connectivity index (χ0v) is 16.1. The summed E-state index contributed by atoms with van der Waals surface area (Å²) in [6.07, 6.45) is 3.23. The molecule has 0 bridgehead atoms. The molecule has 1 amide bonds. The quantitative estimate of drug-likeness (QED) is 0.578. The van der Waals surface area contributed by atoms with Gasteiger partial charge in [0.25, 0.3) is 5.91 Å². The van der Waals surface area contributed by atoms with E-state index in [2.05, 4.69) is 12.2 Å². The maximum absolute atomic E-state index is 12.3. The molecule has 0 radical (unpaired) electrons. The molecule has 2 aromatic rings. The molecule has 0 spiro atoms. The van der Waals surface area contributed by atoms with Gasteiger partial charge in [0.05, 0.1) is 6.61 Å². The molecule has 0 aromatic heterocycles. The van der Waals surface area contributed by atoms with Gasteiger partial charge >= 0.3 is 0 Å². The molecule has 0 unspecified atom stereocenters. The van der Waals surface area contributed by atoms with E-state index in [1.807, 2.05) is 31.2 Å². The largest absolute Gasteiger partial charge is 0.493 e. The number of unbranched alkanes of at least 4 members (excludes halogenated alkanes) is 2. The monoisotopic (exact) mass is 375 g/mol. The minimum atomic E-state index is -0.0758. The van der Waals surface area contributed by atoms with E-state index >= 15 is 0 Å². The van der Waals surface area contributed by atoms with Gasteiger partial charge in [0.15, 0.2) is 0 Å². The fraction of sp³-hybridized carbons (Fsp3) is 0.381. The van der Waals surface area contributed by atoms with Gasteiger partial charge in [-0.2, -0.15) is 0 Å². The summed E-state index contributed by atoms with van der Waals surface area (Å²) in [5.41, 5.74) is 1.43. The van der Waals surface area contributed by atoms with Crippen molar-refractivity contribution in [1.29, 1.82) is 0 Å². The van der Waals surface area contributed by atoms with Gasteiger partial charge in [-0.1, -0.05) is 37.4 Å². The fourth-order valence-electron chi connectivity index (χ4n) is 2.53. The van der Waals surface area contributed by atoms with Crippen molar-refractivity contribution in [2.45, 2.75) is 39.7 Å². The maximum Gasteiger partial charge on any atom is 0.251 e. The summed E-state index contributed by atoms with van der Waals surface area (Å²) in [5, 5.41) is 3.57. The highest BCUT2D eigenvalue weighted by Crippen LogP contribution is 2.24. The van der Waals surface area contributed by atoms with Crippen molar-refractivity contribution in [3.63, 3.8) is 0 Å². The van der Waals surface area contributed by atoms with Crippen molar-refractivity contribution < 1.29 is 14.3 Å². The number of ether oxygens (including phenoxy) is 2. The molecule has 1 N–H and O–H groups in total. The molecule has 0 atom stereocenters. The molecule has 0 aliphatic rings. The van der Waals surface area contributed by atoms with Crippen molar-refractivity contribution in [3.05, 3.63) is 58.6 Å². The molecule has 0 heterocycles. The van der Waals surface area contributed by atoms with E-state index < -0.39 is 0 Å². The summed E-state index contributed by atoms with van der Waals surface area (Å²) in [5.74, 6) is 1.32. The summed E-state index contributed by atoms with van der Waals surface area (Å²) in [6.45, 7) is 5.60. The van der Waals surface area contributed by atoms with E-state index in [1.54, 1.807) is 18.2 Å². The normalized spacial score (nSPS) is 10.4. The number of rotatable bonds is 10. The average Bonchev–Trinajstić information content (AvgIpc) is 2.64. The van der Waals surface area contributed by atoms with Gasteiger partial charge in [-0.3, -0.25) is 4.79 Å². The van der Waals surface area contributed by atoms with Crippen LogP contribution in [-0.4, -0.2) is 19.1 Å². The third-order valence-corrected chi connectivity index (χ3v) is 4.11. The molecule has 0 saturated heterocycles. The van der Waals surface area contributed by atoms with Gasteiger partial charge in [-0.05, 0) is 49.7 Å². The number of halogens is 1. The van der Waals surface area contributed by atoms with E-state index in [0.717, 1.165) is 30.6 Å². The molecule has 0 saturated carbocycles. The summed E-state index contributed by atoms with van der Waals surface area (Å²) in [4.78, 5) is 12.3. The second-order valence-corrected chi connectivity index (χ2v) is 6.40. The molecular formula is C21H26ClNO3. The Morgan fingerprint density at radius 3 is 2.65 bits per heavy atom. The molecule has 5 heteroatoms. The Morgan fingerprint density at radius 2 is 1.92 bits per heavy atom. The van der Waals surface area contributed by atoms with Crippen molar-refractivity contribution in [2.75, 3.05) is 13.2 Å².